The van der Waals surface area contributed by atoms with Gasteiger partial charge in [0, 0.05) is 89.7 Å². The number of aliphatic carboxylic acids is 1. The number of H-pyrrole nitrogens is 2. The highest BCUT2D eigenvalue weighted by molar-refractivity contribution is 6.58. The van der Waals surface area contributed by atoms with E-state index in [0.717, 1.165) is 44.5 Å². The average molecular weight is 1180 g/mol. The lowest BCUT2D eigenvalue weighted by Crippen LogP contribution is -2.38. The van der Waals surface area contributed by atoms with E-state index in [1.165, 1.54) is 28.5 Å². The van der Waals surface area contributed by atoms with Gasteiger partial charge < -0.3 is 15.2 Å². The molecule has 0 saturated heterocycles. The second-order valence-electron chi connectivity index (χ2n) is 19.5. The summed E-state index contributed by atoms with van der Waals surface area (Å²) in [5.74, 6) is -2.76. The predicted octanol–water partition coefficient (Wildman–Crippen LogP) is 12.4. The molecule has 5 N–H and O–H groups in total. The summed E-state index contributed by atoms with van der Waals surface area (Å²) in [6.07, 6.45) is 20.4. The SMILES string of the molecule is Cc1cn[nH]c1.Cc1cnn(C(c2ccccc2)(c2ccccc2)c2ccccc2)c1.O=C(O)C(F)(F)F.OB(O)c1cccnc1.c1ccc(C(c2ccccc2)(c2ccccc2)n2cc(-c3cccnc3)cn2)cc1.c1cncc(-c2cn[nH]c2)c1. The van der Waals surface area contributed by atoms with Crippen LogP contribution in [0.5, 0.6) is 0 Å². The second-order valence-corrected chi connectivity index (χ2v) is 19.5. The summed E-state index contributed by atoms with van der Waals surface area (Å²) < 4.78 is 35.9. The maximum absolute atomic E-state index is 10.6. The van der Waals surface area contributed by atoms with E-state index in [1.54, 1.807) is 43.1 Å². The standard InChI is InChI=1S/C27H21N3.C23H20N2.C8H7N3.C5H6BNO2.C4H6N2.C2HF3O2/c1-4-12-24(13-5-1)27(25-14-6-2-7-15-25,26-16-8-3-9-17-26)30-21-23(20-29-30)22-11-10-18-28-19-22;1-19-17-24-25(18-19)23(20-11-5-2-6-12-20,21-13-7-3-8-14-21)22-15-9-4-10-16-22;1-2-7(4-9-3-1)8-5-10-11-6-8;8-6(9)5-2-1-3-7-4-5;1-4-2-5-6-3-4;3-2(4,5)1(6)7/h1-21H;2-18H,1H3;1-6H,(H,10,11);1-4,8-9H;2-3H,1H3,(H,5,6);(H,6,7). The van der Waals surface area contributed by atoms with Gasteiger partial charge in [-0.05, 0) is 76.6 Å². The van der Waals surface area contributed by atoms with Crippen molar-refractivity contribution in [2.45, 2.75) is 31.1 Å². The minimum atomic E-state index is -5.08. The average Bonchev–Trinajstić information content (AvgIpc) is 1.19. The van der Waals surface area contributed by atoms with Crippen LogP contribution in [0.4, 0.5) is 13.2 Å². The van der Waals surface area contributed by atoms with Gasteiger partial charge in [0.2, 0.25) is 0 Å². The fraction of sp³-hybridized carbons (Fsp3) is 0.0725. The summed E-state index contributed by atoms with van der Waals surface area (Å²) in [6.45, 7) is 4.07. The third kappa shape index (κ3) is 16.2. The van der Waals surface area contributed by atoms with Crippen molar-refractivity contribution >= 4 is 18.6 Å². The van der Waals surface area contributed by atoms with E-state index in [9.17, 15) is 13.2 Å². The lowest BCUT2D eigenvalue weighted by Gasteiger charge is -2.36. The zero-order valence-electron chi connectivity index (χ0n) is 47.9. The molecule has 0 radical (unpaired) electrons. The van der Waals surface area contributed by atoms with Crippen molar-refractivity contribution in [1.29, 1.82) is 0 Å². The number of rotatable bonds is 11. The fourth-order valence-corrected chi connectivity index (χ4v) is 9.44. The number of hydrogen-bond donors (Lipinski definition) is 5. The van der Waals surface area contributed by atoms with E-state index in [1.807, 2.05) is 62.3 Å². The number of hydrogen-bond acceptors (Lipinski definition) is 10. The summed E-state index contributed by atoms with van der Waals surface area (Å²) in [5, 5.41) is 46.8. The maximum Gasteiger partial charge on any atom is 0.490 e. The van der Waals surface area contributed by atoms with Crippen molar-refractivity contribution in [2.75, 3.05) is 0 Å². The number of aryl methyl sites for hydroxylation is 2. The zero-order valence-corrected chi connectivity index (χ0v) is 47.9. The number of carboxylic acid groups (broad SMARTS) is 1. The van der Waals surface area contributed by atoms with E-state index < -0.39 is 30.3 Å². The molecule has 88 heavy (non-hydrogen) atoms. The van der Waals surface area contributed by atoms with Crippen LogP contribution in [0.1, 0.15) is 44.5 Å². The zero-order chi connectivity index (χ0) is 62.0. The molecular weight excluding hydrogens is 1110 g/mol. The van der Waals surface area contributed by atoms with Gasteiger partial charge >= 0.3 is 19.3 Å². The van der Waals surface area contributed by atoms with Crippen LogP contribution in [0.2, 0.25) is 0 Å². The molecule has 7 aromatic heterocycles. The van der Waals surface area contributed by atoms with E-state index in [2.05, 4.69) is 252 Å². The summed E-state index contributed by atoms with van der Waals surface area (Å²) in [4.78, 5) is 20.9. The molecule has 0 atom stereocenters. The summed E-state index contributed by atoms with van der Waals surface area (Å²) in [7, 11) is -1.40. The smallest absolute Gasteiger partial charge is 0.475 e. The minimum absolute atomic E-state index is 0.414. The second kappa shape index (κ2) is 31.1. The molecule has 13 aromatic rings. The van der Waals surface area contributed by atoms with Gasteiger partial charge in [0.25, 0.3) is 0 Å². The molecule has 7 heterocycles. The third-order valence-electron chi connectivity index (χ3n) is 13.5. The number of nitrogens with zero attached hydrogens (tertiary/aromatic N) is 9. The molecule has 0 aliphatic rings. The molecule has 13 rings (SSSR count). The predicted molar refractivity (Wildman–Crippen MR) is 335 cm³/mol. The monoisotopic (exact) mass is 1180 g/mol. The van der Waals surface area contributed by atoms with Gasteiger partial charge in [-0.2, -0.15) is 33.6 Å². The molecular formula is C69H61BF3N11O4. The molecule has 440 valence electrons. The van der Waals surface area contributed by atoms with Crippen LogP contribution in [0, 0.1) is 13.8 Å². The van der Waals surface area contributed by atoms with Gasteiger partial charge in [-0.25, -0.2) is 4.79 Å². The van der Waals surface area contributed by atoms with E-state index in [0.29, 0.717) is 5.46 Å². The molecule has 0 spiro atoms. The minimum Gasteiger partial charge on any atom is -0.475 e. The number of carboxylic acids is 1. The first kappa shape index (κ1) is 62.9. The number of aromatic amines is 2. The van der Waals surface area contributed by atoms with Gasteiger partial charge in [0.05, 0.1) is 24.8 Å². The van der Waals surface area contributed by atoms with Crippen molar-refractivity contribution < 1.29 is 33.1 Å². The van der Waals surface area contributed by atoms with Crippen molar-refractivity contribution in [1.82, 2.24) is 54.9 Å². The summed E-state index contributed by atoms with van der Waals surface area (Å²) in [6, 6.07) is 74.6. The van der Waals surface area contributed by atoms with Crippen LogP contribution in [-0.4, -0.2) is 89.3 Å². The summed E-state index contributed by atoms with van der Waals surface area (Å²) in [5.41, 5.74) is 12.9. The topological polar surface area (TPSA) is 209 Å². The van der Waals surface area contributed by atoms with Crippen LogP contribution < -0.4 is 5.46 Å². The Morgan fingerprint density at radius 3 is 1.05 bits per heavy atom. The highest BCUT2D eigenvalue weighted by atomic mass is 19.4. The van der Waals surface area contributed by atoms with Crippen LogP contribution in [-0.2, 0) is 15.9 Å². The Hall–Kier alpha value is -11.1. The Labute approximate surface area is 507 Å². The molecule has 0 aliphatic carbocycles. The number of nitrogens with one attached hydrogen (secondary N) is 2. The maximum atomic E-state index is 10.6. The van der Waals surface area contributed by atoms with Gasteiger partial charge in [0.15, 0.2) is 0 Å². The lowest BCUT2D eigenvalue weighted by molar-refractivity contribution is -0.192. The van der Waals surface area contributed by atoms with Crippen molar-refractivity contribution in [3.05, 3.63) is 350 Å². The van der Waals surface area contributed by atoms with Crippen molar-refractivity contribution in [3.63, 3.8) is 0 Å². The van der Waals surface area contributed by atoms with Gasteiger partial charge in [-0.1, -0.05) is 200 Å². The normalized spacial score (nSPS) is 10.8. The van der Waals surface area contributed by atoms with Crippen molar-refractivity contribution in [2.24, 2.45) is 0 Å². The van der Waals surface area contributed by atoms with Gasteiger partial charge in [-0.3, -0.25) is 34.5 Å². The number of aromatic nitrogens is 11. The van der Waals surface area contributed by atoms with Gasteiger partial charge in [0.1, 0.15) is 11.1 Å². The molecule has 15 nitrogen and oxygen atoms in total. The first-order valence-electron chi connectivity index (χ1n) is 27.5. The molecule has 0 unspecified atom stereocenters. The van der Waals surface area contributed by atoms with E-state index >= 15 is 0 Å². The Morgan fingerprint density at radius 2 is 0.773 bits per heavy atom. The quantitative estimate of drug-likeness (QED) is 0.0608. The molecule has 0 aliphatic heterocycles. The lowest BCUT2D eigenvalue weighted by atomic mass is 9.77. The third-order valence-corrected chi connectivity index (χ3v) is 13.5. The Morgan fingerprint density at radius 1 is 0.409 bits per heavy atom. The number of carbonyl (C=O) groups is 1. The Bertz CT molecular complexity index is 3840. The van der Waals surface area contributed by atoms with Gasteiger partial charge in [-0.15, -0.1) is 0 Å². The number of halogens is 3. The highest BCUT2D eigenvalue weighted by Crippen LogP contribution is 2.42. The van der Waals surface area contributed by atoms with Crippen molar-refractivity contribution in [3.8, 4) is 22.3 Å². The van der Waals surface area contributed by atoms with Crippen LogP contribution in [0.25, 0.3) is 22.3 Å². The number of benzene rings is 6. The number of alkyl halides is 3. The molecule has 0 fully saturated rings. The van der Waals surface area contributed by atoms with E-state index in [-0.39, 0.29) is 0 Å². The first-order valence-corrected chi connectivity index (χ1v) is 27.5. The largest absolute Gasteiger partial charge is 0.490 e. The Kier molecular flexibility index (Phi) is 22.2. The number of pyridine rings is 3. The summed E-state index contributed by atoms with van der Waals surface area (Å²) >= 11 is 0. The van der Waals surface area contributed by atoms with Crippen LogP contribution in [0.15, 0.2) is 305 Å². The Balaban J connectivity index is 0.000000153. The first-order chi connectivity index (χ1) is 42.8. The van der Waals surface area contributed by atoms with Crippen LogP contribution in [0.3, 0.4) is 0 Å². The highest BCUT2D eigenvalue weighted by Gasteiger charge is 2.41. The molecule has 0 bridgehead atoms. The molecule has 0 saturated carbocycles. The molecule has 6 aromatic carbocycles. The fourth-order valence-electron chi connectivity index (χ4n) is 9.44. The molecule has 0 amide bonds. The van der Waals surface area contributed by atoms with E-state index in [4.69, 9.17) is 30.1 Å². The molecule has 19 heteroatoms. The van der Waals surface area contributed by atoms with Crippen LogP contribution >= 0.6 is 0 Å².